The number of hydrogen-bond acceptors (Lipinski definition) is 6. The molecule has 7 nitrogen and oxygen atoms in total. The third-order valence-corrected chi connectivity index (χ3v) is 11.0. The van der Waals surface area contributed by atoms with Gasteiger partial charge in [0.1, 0.15) is 6.54 Å². The minimum atomic E-state index is -0.404. The average Bonchev–Trinajstić information content (AvgIpc) is 3.48. The number of amides is 3. The Hall–Kier alpha value is -2.10. The molecule has 4 aliphatic rings. The fourth-order valence-corrected chi connectivity index (χ4v) is 10.0. The van der Waals surface area contributed by atoms with Gasteiger partial charge in [0.05, 0.1) is 16.9 Å². The third-order valence-electron chi connectivity index (χ3n) is 7.91. The van der Waals surface area contributed by atoms with Gasteiger partial charge < -0.3 is 10.3 Å². The summed E-state index contributed by atoms with van der Waals surface area (Å²) in [7, 11) is 0. The summed E-state index contributed by atoms with van der Waals surface area (Å²) in [5.41, 5.74) is 0.315. The summed E-state index contributed by atoms with van der Waals surface area (Å²) in [6.07, 6.45) is 0.850. The van der Waals surface area contributed by atoms with Crippen LogP contribution in [0.25, 0.3) is 0 Å². The highest BCUT2D eigenvalue weighted by Crippen LogP contribution is 2.68. The van der Waals surface area contributed by atoms with Gasteiger partial charge in [0.25, 0.3) is 0 Å². The van der Waals surface area contributed by atoms with Gasteiger partial charge in [-0.2, -0.15) is 0 Å². The first-order chi connectivity index (χ1) is 15.7. The lowest BCUT2D eigenvalue weighted by molar-refractivity contribution is -0.143. The Morgan fingerprint density at radius 1 is 1.15 bits per heavy atom. The first kappa shape index (κ1) is 21.4. The second kappa shape index (κ2) is 7.20. The number of thiazole rings is 1. The minimum absolute atomic E-state index is 0.0573. The van der Waals surface area contributed by atoms with Crippen LogP contribution in [-0.2, 0) is 19.8 Å². The maximum absolute atomic E-state index is 13.4. The van der Waals surface area contributed by atoms with E-state index in [2.05, 4.69) is 24.1 Å². The van der Waals surface area contributed by atoms with E-state index in [4.69, 9.17) is 11.6 Å². The Balaban J connectivity index is 1.25. The maximum Gasteiger partial charge on any atom is 0.305 e. The number of anilines is 1. The Morgan fingerprint density at radius 2 is 1.82 bits per heavy atom. The Bertz CT molecular complexity index is 1250. The lowest BCUT2D eigenvalue weighted by atomic mass is 9.64. The van der Waals surface area contributed by atoms with Gasteiger partial charge in [0, 0.05) is 26.3 Å². The number of carbonyl (C=O) groups is 3. The molecular formula is C23H22ClN3O4S2. The summed E-state index contributed by atoms with van der Waals surface area (Å²) in [4.78, 5) is 56.5. The van der Waals surface area contributed by atoms with Crippen LogP contribution < -0.4 is 10.2 Å². The summed E-state index contributed by atoms with van der Waals surface area (Å²) in [5, 5.41) is 4.39. The number of likely N-dealkylation sites (tertiary alicyclic amines) is 1. The van der Waals surface area contributed by atoms with Gasteiger partial charge >= 0.3 is 4.87 Å². The number of nitrogens with zero attached hydrogens (tertiary/aromatic N) is 1. The van der Waals surface area contributed by atoms with Crippen LogP contribution in [0.2, 0.25) is 5.02 Å². The van der Waals surface area contributed by atoms with Gasteiger partial charge in [0.2, 0.25) is 17.7 Å². The van der Waals surface area contributed by atoms with E-state index in [1.807, 2.05) is 0 Å². The zero-order valence-corrected chi connectivity index (χ0v) is 20.4. The number of carbonyl (C=O) groups excluding carboxylic acids is 3. The van der Waals surface area contributed by atoms with Crippen molar-refractivity contribution in [3.63, 3.8) is 0 Å². The molecule has 0 spiro atoms. The molecule has 10 heteroatoms. The number of halogens is 1. The number of hydrogen-bond donors (Lipinski definition) is 2. The zero-order valence-electron chi connectivity index (χ0n) is 18.0. The summed E-state index contributed by atoms with van der Waals surface area (Å²) >= 11 is 8.81. The molecule has 3 heterocycles. The molecule has 2 bridgehead atoms. The molecule has 2 aliphatic carbocycles. The molecule has 1 saturated heterocycles. The highest BCUT2D eigenvalue weighted by atomic mass is 35.5. The van der Waals surface area contributed by atoms with Crippen molar-refractivity contribution in [1.29, 1.82) is 0 Å². The van der Waals surface area contributed by atoms with Crippen molar-refractivity contribution in [2.24, 2.45) is 29.6 Å². The average molecular weight is 504 g/mol. The SMILES string of the molecule is CC1(C)c2sc(=O)[nH]c2SC2C3CC(C4C(=O)N(CC(=O)Nc5ccc(Cl)cc5)C(=O)C34)[C@H]21. The predicted molar refractivity (Wildman–Crippen MR) is 126 cm³/mol. The van der Waals surface area contributed by atoms with Crippen molar-refractivity contribution < 1.29 is 14.4 Å². The molecule has 1 aromatic carbocycles. The number of thioether (sulfide) groups is 1. The van der Waals surface area contributed by atoms with Crippen molar-refractivity contribution in [3.05, 3.63) is 43.8 Å². The van der Waals surface area contributed by atoms with E-state index >= 15 is 0 Å². The highest BCUT2D eigenvalue weighted by molar-refractivity contribution is 8.00. The first-order valence-corrected chi connectivity index (χ1v) is 13.0. The van der Waals surface area contributed by atoms with Crippen molar-refractivity contribution in [2.45, 2.75) is 36.0 Å². The van der Waals surface area contributed by atoms with Gasteiger partial charge in [-0.3, -0.25) is 24.1 Å². The van der Waals surface area contributed by atoms with Crippen LogP contribution in [0.15, 0.2) is 34.1 Å². The van der Waals surface area contributed by atoms with Crippen molar-refractivity contribution in [2.75, 3.05) is 11.9 Å². The Kier molecular flexibility index (Phi) is 4.68. The molecule has 3 amide bonds. The van der Waals surface area contributed by atoms with Crippen molar-refractivity contribution in [1.82, 2.24) is 9.88 Å². The number of H-pyrrole nitrogens is 1. The summed E-state index contributed by atoms with van der Waals surface area (Å²) in [6.45, 7) is 4.03. The second-order valence-corrected chi connectivity index (χ2v) is 12.5. The minimum Gasteiger partial charge on any atom is -0.325 e. The normalized spacial score (nSPS) is 33.1. The van der Waals surface area contributed by atoms with Crippen LogP contribution in [0.4, 0.5) is 5.69 Å². The van der Waals surface area contributed by atoms with Crippen LogP contribution in [0.3, 0.4) is 0 Å². The quantitative estimate of drug-likeness (QED) is 0.626. The van der Waals surface area contributed by atoms with Crippen LogP contribution in [0, 0.1) is 29.6 Å². The van der Waals surface area contributed by atoms with Gasteiger partial charge in [0.15, 0.2) is 0 Å². The molecule has 2 saturated carbocycles. The van der Waals surface area contributed by atoms with Crippen molar-refractivity contribution >= 4 is 58.1 Å². The third kappa shape index (κ3) is 3.01. The smallest absolute Gasteiger partial charge is 0.305 e. The number of benzene rings is 1. The zero-order chi connectivity index (χ0) is 23.2. The van der Waals surface area contributed by atoms with E-state index < -0.39 is 5.91 Å². The molecular weight excluding hydrogens is 482 g/mol. The van der Waals surface area contributed by atoms with Gasteiger partial charge in [-0.15, -0.1) is 11.8 Å². The summed E-state index contributed by atoms with van der Waals surface area (Å²) in [5.74, 6) is -1.23. The number of nitrogens with one attached hydrogen (secondary N) is 2. The largest absolute Gasteiger partial charge is 0.325 e. The second-order valence-electron chi connectivity index (χ2n) is 9.94. The summed E-state index contributed by atoms with van der Waals surface area (Å²) < 4.78 is 0. The molecule has 1 aromatic heterocycles. The summed E-state index contributed by atoms with van der Waals surface area (Å²) in [6, 6.07) is 6.68. The molecule has 172 valence electrons. The monoisotopic (exact) mass is 503 g/mol. The molecule has 2 aliphatic heterocycles. The lowest BCUT2D eigenvalue weighted by Crippen LogP contribution is -2.48. The van der Waals surface area contributed by atoms with Crippen LogP contribution >= 0.6 is 34.7 Å². The first-order valence-electron chi connectivity index (χ1n) is 11.0. The van der Waals surface area contributed by atoms with E-state index in [0.29, 0.717) is 10.7 Å². The number of aromatic amines is 1. The Morgan fingerprint density at radius 3 is 2.52 bits per heavy atom. The highest BCUT2D eigenvalue weighted by Gasteiger charge is 2.70. The lowest BCUT2D eigenvalue weighted by Gasteiger charge is -2.47. The standard InChI is InChI=1S/C23H22ClN3O4S2/c1-23(2)16-11-7-12(17(16)32-19-18(23)33-22(31)26-19)15-14(11)20(29)27(21(15)30)8-13(28)25-10-5-3-9(24)4-6-10/h3-6,11-12,14-17H,7-8H2,1-2H3,(H,25,28)(H,26,31)/t11?,12?,14?,15?,16-,17?/m1/s1. The molecule has 0 radical (unpaired) electrons. The topological polar surface area (TPSA) is 99.3 Å². The number of imide groups is 1. The fourth-order valence-electron chi connectivity index (χ4n) is 6.75. The molecule has 2 N–H and O–H groups in total. The Labute approximate surface area is 203 Å². The molecule has 3 fully saturated rings. The molecule has 5 unspecified atom stereocenters. The predicted octanol–water partition coefficient (Wildman–Crippen LogP) is 3.35. The molecule has 6 rings (SSSR count). The fraction of sp³-hybridized carbons (Fsp3) is 0.478. The molecule has 2 aromatic rings. The molecule has 6 atom stereocenters. The van der Waals surface area contributed by atoms with Gasteiger partial charge in [-0.05, 0) is 48.4 Å². The van der Waals surface area contributed by atoms with E-state index in [0.717, 1.165) is 21.2 Å². The van der Waals surface area contributed by atoms with Gasteiger partial charge in [-0.25, -0.2) is 0 Å². The van der Waals surface area contributed by atoms with Crippen LogP contribution in [0.1, 0.15) is 25.1 Å². The van der Waals surface area contributed by atoms with Crippen LogP contribution in [-0.4, -0.2) is 39.4 Å². The van der Waals surface area contributed by atoms with E-state index in [-0.39, 0.29) is 63.5 Å². The van der Waals surface area contributed by atoms with Gasteiger partial charge in [-0.1, -0.05) is 36.8 Å². The molecule has 33 heavy (non-hydrogen) atoms. The van der Waals surface area contributed by atoms with Crippen molar-refractivity contribution in [3.8, 4) is 0 Å². The number of fused-ring (bicyclic) bond motifs is 9. The van der Waals surface area contributed by atoms with E-state index in [9.17, 15) is 19.2 Å². The maximum atomic E-state index is 13.4. The van der Waals surface area contributed by atoms with E-state index in [1.54, 1.807) is 36.0 Å². The van der Waals surface area contributed by atoms with Crippen LogP contribution in [0.5, 0.6) is 0 Å². The number of rotatable bonds is 3. The van der Waals surface area contributed by atoms with E-state index in [1.165, 1.54) is 11.3 Å². The number of aromatic nitrogens is 1.